The molecule has 1 aliphatic heterocycles. The average molecular weight is 448 g/mol. The summed E-state index contributed by atoms with van der Waals surface area (Å²) in [5, 5.41) is -0.718. The first-order chi connectivity index (χ1) is 14.3. The number of rotatable bonds is 5. The van der Waals surface area contributed by atoms with Crippen LogP contribution in [-0.2, 0) is 14.6 Å². The Hall–Kier alpha value is -1.59. The second-order valence-corrected chi connectivity index (χ2v) is 11.7. The molecular formula is C24H30ClNO3S. The molecule has 2 fully saturated rings. The molecule has 1 aromatic rings. The van der Waals surface area contributed by atoms with Gasteiger partial charge in [0.15, 0.2) is 9.84 Å². The second-order valence-electron chi connectivity index (χ2n) is 8.96. The van der Waals surface area contributed by atoms with Crippen molar-refractivity contribution in [2.45, 2.75) is 61.1 Å². The third-order valence-electron chi connectivity index (χ3n) is 7.07. The Morgan fingerprint density at radius 1 is 1.10 bits per heavy atom. The van der Waals surface area contributed by atoms with Gasteiger partial charge in [0.2, 0.25) is 5.91 Å². The highest BCUT2D eigenvalue weighted by atomic mass is 35.5. The summed E-state index contributed by atoms with van der Waals surface area (Å²) < 4.78 is 24.6. The second kappa shape index (κ2) is 8.51. The van der Waals surface area contributed by atoms with Crippen LogP contribution in [0.4, 0.5) is 0 Å². The molecule has 4 nitrogen and oxygen atoms in total. The zero-order valence-electron chi connectivity index (χ0n) is 17.5. The van der Waals surface area contributed by atoms with Crippen molar-refractivity contribution in [1.29, 1.82) is 0 Å². The summed E-state index contributed by atoms with van der Waals surface area (Å²) in [6.07, 6.45) is 13.3. The van der Waals surface area contributed by atoms with Gasteiger partial charge < -0.3 is 4.90 Å². The predicted octanol–water partition coefficient (Wildman–Crippen LogP) is 4.60. The fourth-order valence-corrected chi connectivity index (χ4v) is 7.33. The number of amides is 1. The molecule has 0 bridgehead atoms. The molecule has 30 heavy (non-hydrogen) atoms. The molecule has 6 heteroatoms. The number of hydrogen-bond donors (Lipinski definition) is 0. The highest BCUT2D eigenvalue weighted by molar-refractivity contribution is 7.92. The Labute approximate surface area is 184 Å². The zero-order chi connectivity index (χ0) is 21.4. The lowest BCUT2D eigenvalue weighted by atomic mass is 9.84. The van der Waals surface area contributed by atoms with Crippen LogP contribution in [0.1, 0.15) is 50.5 Å². The first-order valence-electron chi connectivity index (χ1n) is 10.9. The first kappa shape index (κ1) is 21.6. The van der Waals surface area contributed by atoms with Crippen LogP contribution in [0.3, 0.4) is 0 Å². The summed E-state index contributed by atoms with van der Waals surface area (Å²) in [5.74, 6) is -0.181. The smallest absolute Gasteiger partial charge is 0.226 e. The van der Waals surface area contributed by atoms with Gasteiger partial charge in [-0.1, -0.05) is 67.8 Å². The van der Waals surface area contributed by atoms with E-state index in [0.717, 1.165) is 30.5 Å². The van der Waals surface area contributed by atoms with Crippen LogP contribution in [0.25, 0.3) is 5.57 Å². The summed E-state index contributed by atoms with van der Waals surface area (Å²) in [6.45, 7) is 0.732. The van der Waals surface area contributed by atoms with Gasteiger partial charge >= 0.3 is 0 Å². The van der Waals surface area contributed by atoms with E-state index in [9.17, 15) is 13.2 Å². The number of carbonyl (C=O) groups is 1. The van der Waals surface area contributed by atoms with E-state index < -0.39 is 20.0 Å². The lowest BCUT2D eigenvalue weighted by molar-refractivity contribution is -0.133. The summed E-state index contributed by atoms with van der Waals surface area (Å²) >= 11 is 6.75. The highest BCUT2D eigenvalue weighted by Gasteiger charge is 2.50. The van der Waals surface area contributed by atoms with E-state index >= 15 is 0 Å². The van der Waals surface area contributed by atoms with E-state index in [1.807, 2.05) is 47.4 Å². The van der Waals surface area contributed by atoms with E-state index in [4.69, 9.17) is 11.6 Å². The maximum absolute atomic E-state index is 13.2. The molecule has 1 saturated heterocycles. The Kier molecular flexibility index (Phi) is 6.13. The van der Waals surface area contributed by atoms with Crippen molar-refractivity contribution in [1.82, 2.24) is 4.90 Å². The van der Waals surface area contributed by atoms with E-state index in [2.05, 4.69) is 0 Å². The molecule has 3 aliphatic rings. The van der Waals surface area contributed by atoms with Crippen molar-refractivity contribution < 1.29 is 13.2 Å². The van der Waals surface area contributed by atoms with E-state index in [-0.39, 0.29) is 18.2 Å². The predicted molar refractivity (Wildman–Crippen MR) is 122 cm³/mol. The van der Waals surface area contributed by atoms with Gasteiger partial charge in [0.1, 0.15) is 4.75 Å². The van der Waals surface area contributed by atoms with Gasteiger partial charge in [-0.25, -0.2) is 8.42 Å². The highest BCUT2D eigenvalue weighted by Crippen LogP contribution is 2.43. The quantitative estimate of drug-likeness (QED) is 0.619. The number of benzene rings is 1. The minimum atomic E-state index is -3.53. The van der Waals surface area contributed by atoms with Gasteiger partial charge in [-0.15, -0.1) is 11.6 Å². The van der Waals surface area contributed by atoms with Gasteiger partial charge in [-0.3, -0.25) is 4.79 Å². The fraction of sp³-hybridized carbons (Fsp3) is 0.542. The molecule has 1 saturated carbocycles. The SMILES string of the molecule is CS(=O)(=O)C1(CC2CCN(C3CCCCC3)C2=O)C=CC(c2ccccc2)=CC1Cl. The lowest BCUT2D eigenvalue weighted by Gasteiger charge is -2.37. The van der Waals surface area contributed by atoms with Crippen LogP contribution in [0.15, 0.2) is 48.6 Å². The van der Waals surface area contributed by atoms with Crippen molar-refractivity contribution in [3.05, 3.63) is 54.1 Å². The molecule has 1 heterocycles. The van der Waals surface area contributed by atoms with Crippen LogP contribution in [0.5, 0.6) is 0 Å². The van der Waals surface area contributed by atoms with Crippen LogP contribution in [-0.4, -0.2) is 48.2 Å². The van der Waals surface area contributed by atoms with Crippen LogP contribution in [0, 0.1) is 5.92 Å². The van der Waals surface area contributed by atoms with Crippen molar-refractivity contribution in [3.8, 4) is 0 Å². The lowest BCUT2D eigenvalue weighted by Crippen LogP contribution is -2.48. The molecule has 1 aromatic carbocycles. The first-order valence-corrected chi connectivity index (χ1v) is 13.3. The summed E-state index contributed by atoms with van der Waals surface area (Å²) in [4.78, 5) is 15.2. The minimum absolute atomic E-state index is 0.111. The summed E-state index contributed by atoms with van der Waals surface area (Å²) in [5.41, 5.74) is 1.92. The molecule has 3 atom stereocenters. The minimum Gasteiger partial charge on any atom is -0.339 e. The molecule has 0 spiro atoms. The molecule has 162 valence electrons. The summed E-state index contributed by atoms with van der Waals surface area (Å²) in [7, 11) is -3.53. The van der Waals surface area contributed by atoms with Gasteiger partial charge in [-0.05, 0) is 36.8 Å². The van der Waals surface area contributed by atoms with E-state index in [1.54, 1.807) is 6.08 Å². The summed E-state index contributed by atoms with van der Waals surface area (Å²) in [6, 6.07) is 10.1. The number of allylic oxidation sites excluding steroid dienone is 3. The number of sulfone groups is 1. The molecule has 0 radical (unpaired) electrons. The number of halogens is 1. The number of carbonyl (C=O) groups excluding carboxylic acids is 1. The van der Waals surface area contributed by atoms with Crippen LogP contribution < -0.4 is 0 Å². The molecule has 4 rings (SSSR count). The van der Waals surface area contributed by atoms with Crippen molar-refractivity contribution in [2.24, 2.45) is 5.92 Å². The average Bonchev–Trinajstić information content (AvgIpc) is 3.10. The Bertz CT molecular complexity index is 950. The number of likely N-dealkylation sites (tertiary alicyclic amines) is 1. The van der Waals surface area contributed by atoms with Crippen LogP contribution >= 0.6 is 11.6 Å². The third kappa shape index (κ3) is 3.99. The van der Waals surface area contributed by atoms with E-state index in [1.165, 1.54) is 25.5 Å². The molecule has 0 N–H and O–H groups in total. The largest absolute Gasteiger partial charge is 0.339 e. The van der Waals surface area contributed by atoms with Crippen LogP contribution in [0.2, 0.25) is 0 Å². The number of nitrogens with zero attached hydrogens (tertiary/aromatic N) is 1. The van der Waals surface area contributed by atoms with Gasteiger partial charge in [0.05, 0.1) is 5.38 Å². The van der Waals surface area contributed by atoms with Gasteiger partial charge in [-0.2, -0.15) is 0 Å². The Morgan fingerprint density at radius 2 is 1.80 bits per heavy atom. The number of alkyl halides is 1. The molecular weight excluding hydrogens is 418 g/mol. The van der Waals surface area contributed by atoms with Gasteiger partial charge in [0.25, 0.3) is 0 Å². The van der Waals surface area contributed by atoms with Gasteiger partial charge in [0, 0.05) is 24.8 Å². The molecule has 0 aromatic heterocycles. The van der Waals surface area contributed by atoms with E-state index in [0.29, 0.717) is 12.5 Å². The third-order valence-corrected chi connectivity index (χ3v) is 9.65. The van der Waals surface area contributed by atoms with Crippen molar-refractivity contribution in [2.75, 3.05) is 12.8 Å². The zero-order valence-corrected chi connectivity index (χ0v) is 19.0. The Balaban J connectivity index is 1.57. The normalized spacial score (nSPS) is 30.5. The van der Waals surface area contributed by atoms with Crippen molar-refractivity contribution >= 4 is 32.9 Å². The monoisotopic (exact) mass is 447 g/mol. The maximum atomic E-state index is 13.2. The molecule has 3 unspecified atom stereocenters. The fourth-order valence-electron chi connectivity index (χ4n) is 5.25. The van der Waals surface area contributed by atoms with Crippen molar-refractivity contribution in [3.63, 3.8) is 0 Å². The number of hydrogen-bond acceptors (Lipinski definition) is 3. The topological polar surface area (TPSA) is 54.5 Å². The maximum Gasteiger partial charge on any atom is 0.226 e. The Morgan fingerprint density at radius 3 is 2.43 bits per heavy atom. The molecule has 1 amide bonds. The standard InChI is InChI=1S/C24H30ClNO3S/c1-30(28,29)24(14-12-19(16-22(24)25)18-8-4-2-5-9-18)17-20-13-15-26(23(20)27)21-10-6-3-7-11-21/h2,4-5,8-9,12,14,16,20-22H,3,6-7,10-11,13,15,17H2,1H3. The molecule has 2 aliphatic carbocycles.